The summed E-state index contributed by atoms with van der Waals surface area (Å²) in [7, 11) is 0. The van der Waals surface area contributed by atoms with Gasteiger partial charge >= 0.3 is 5.97 Å². The van der Waals surface area contributed by atoms with Crippen molar-refractivity contribution in [3.05, 3.63) is 16.4 Å². The first-order chi connectivity index (χ1) is 10.0. The van der Waals surface area contributed by atoms with E-state index < -0.39 is 5.97 Å². The van der Waals surface area contributed by atoms with Crippen LogP contribution in [0.2, 0.25) is 0 Å². The van der Waals surface area contributed by atoms with E-state index in [9.17, 15) is 9.90 Å². The number of carboxylic acid groups (broad SMARTS) is 1. The van der Waals surface area contributed by atoms with Gasteiger partial charge in [0, 0.05) is 6.54 Å². The number of nitrogens with zero attached hydrogens (tertiary/aromatic N) is 4. The van der Waals surface area contributed by atoms with Crippen LogP contribution in [0.1, 0.15) is 53.8 Å². The normalized spacial score (nSPS) is 11.0. The SMILES string of the molecule is CCCCCCn1nnc(C(=O)O)c1-c1sc(C)nc1C. The van der Waals surface area contributed by atoms with Crippen LogP contribution in [0.3, 0.4) is 0 Å². The number of rotatable bonds is 7. The summed E-state index contributed by atoms with van der Waals surface area (Å²) in [6.07, 6.45) is 4.42. The minimum absolute atomic E-state index is 0.0113. The third-order valence-electron chi connectivity index (χ3n) is 3.28. The molecule has 2 heterocycles. The van der Waals surface area contributed by atoms with E-state index in [-0.39, 0.29) is 5.69 Å². The molecule has 6 nitrogen and oxygen atoms in total. The van der Waals surface area contributed by atoms with Crippen molar-refractivity contribution in [2.75, 3.05) is 0 Å². The van der Waals surface area contributed by atoms with Gasteiger partial charge in [0.15, 0.2) is 5.69 Å². The molecule has 0 saturated heterocycles. The van der Waals surface area contributed by atoms with Gasteiger partial charge in [-0.15, -0.1) is 16.4 Å². The zero-order chi connectivity index (χ0) is 15.4. The standard InChI is InChI=1S/C14H20N4O2S/c1-4-5-6-7-8-18-12(11(14(19)20)16-17-18)13-9(2)15-10(3)21-13/h4-8H2,1-3H3,(H,19,20). The Kier molecular flexibility index (Phi) is 5.06. The highest BCUT2D eigenvalue weighted by atomic mass is 32.1. The summed E-state index contributed by atoms with van der Waals surface area (Å²) in [5.41, 5.74) is 1.43. The van der Waals surface area contributed by atoms with Gasteiger partial charge in [0.2, 0.25) is 0 Å². The Labute approximate surface area is 127 Å². The molecule has 21 heavy (non-hydrogen) atoms. The molecule has 0 aliphatic rings. The fourth-order valence-electron chi connectivity index (χ4n) is 2.28. The maximum atomic E-state index is 11.4. The Bertz CT molecular complexity index is 633. The number of hydrogen-bond acceptors (Lipinski definition) is 5. The van der Waals surface area contributed by atoms with Crippen LogP contribution < -0.4 is 0 Å². The number of hydrogen-bond donors (Lipinski definition) is 1. The average molecular weight is 308 g/mol. The van der Waals surface area contributed by atoms with E-state index in [1.54, 1.807) is 4.68 Å². The Balaban J connectivity index is 2.34. The molecule has 0 atom stereocenters. The minimum Gasteiger partial charge on any atom is -0.476 e. The Morgan fingerprint density at radius 1 is 1.29 bits per heavy atom. The molecule has 7 heteroatoms. The zero-order valence-corrected chi connectivity index (χ0v) is 13.4. The van der Waals surface area contributed by atoms with Crippen molar-refractivity contribution >= 4 is 17.3 Å². The third kappa shape index (κ3) is 3.47. The lowest BCUT2D eigenvalue weighted by molar-refractivity contribution is 0.0691. The van der Waals surface area contributed by atoms with Gasteiger partial charge in [-0.25, -0.2) is 14.5 Å². The van der Waals surface area contributed by atoms with Gasteiger partial charge in [-0.3, -0.25) is 0 Å². The number of unbranched alkanes of at least 4 members (excludes halogenated alkanes) is 3. The maximum absolute atomic E-state index is 11.4. The molecule has 0 spiro atoms. The van der Waals surface area contributed by atoms with Crippen LogP contribution in [-0.2, 0) is 6.54 Å². The van der Waals surface area contributed by atoms with Crippen LogP contribution >= 0.6 is 11.3 Å². The fourth-order valence-corrected chi connectivity index (χ4v) is 3.25. The van der Waals surface area contributed by atoms with E-state index in [1.165, 1.54) is 17.8 Å². The van der Waals surface area contributed by atoms with Crippen molar-refractivity contribution in [1.82, 2.24) is 20.0 Å². The molecule has 2 rings (SSSR count). The average Bonchev–Trinajstić information content (AvgIpc) is 2.97. The van der Waals surface area contributed by atoms with Gasteiger partial charge in [0.05, 0.1) is 15.6 Å². The van der Waals surface area contributed by atoms with Gasteiger partial charge in [-0.2, -0.15) is 0 Å². The Morgan fingerprint density at radius 3 is 2.62 bits per heavy atom. The molecule has 0 aromatic carbocycles. The molecule has 0 aliphatic heterocycles. The first-order valence-corrected chi connectivity index (χ1v) is 7.97. The van der Waals surface area contributed by atoms with Crippen LogP contribution in [0, 0.1) is 13.8 Å². The predicted molar refractivity (Wildman–Crippen MR) is 81.7 cm³/mol. The van der Waals surface area contributed by atoms with E-state index >= 15 is 0 Å². The molecular weight excluding hydrogens is 288 g/mol. The Morgan fingerprint density at radius 2 is 2.05 bits per heavy atom. The molecule has 0 bridgehead atoms. The van der Waals surface area contributed by atoms with E-state index in [4.69, 9.17) is 0 Å². The zero-order valence-electron chi connectivity index (χ0n) is 12.6. The molecular formula is C14H20N4O2S. The van der Waals surface area contributed by atoms with E-state index in [2.05, 4.69) is 22.2 Å². The summed E-state index contributed by atoms with van der Waals surface area (Å²) in [5.74, 6) is -1.05. The summed E-state index contributed by atoms with van der Waals surface area (Å²) in [5, 5.41) is 18.1. The smallest absolute Gasteiger partial charge is 0.358 e. The van der Waals surface area contributed by atoms with Gasteiger partial charge in [0.25, 0.3) is 0 Å². The van der Waals surface area contributed by atoms with E-state index in [0.29, 0.717) is 12.2 Å². The molecule has 0 unspecified atom stereocenters. The van der Waals surface area contributed by atoms with Crippen LogP contribution in [0.5, 0.6) is 0 Å². The molecule has 1 N–H and O–H groups in total. The van der Waals surface area contributed by atoms with Crippen molar-refractivity contribution in [3.63, 3.8) is 0 Å². The lowest BCUT2D eigenvalue weighted by Gasteiger charge is -2.06. The van der Waals surface area contributed by atoms with Crippen molar-refractivity contribution in [2.24, 2.45) is 0 Å². The van der Waals surface area contributed by atoms with Crippen molar-refractivity contribution in [2.45, 2.75) is 53.0 Å². The number of carbonyl (C=O) groups is 1. The number of aromatic nitrogens is 4. The highest BCUT2D eigenvalue weighted by Gasteiger charge is 2.23. The molecule has 2 aromatic heterocycles. The first-order valence-electron chi connectivity index (χ1n) is 7.15. The Hall–Kier alpha value is -1.76. The van der Waals surface area contributed by atoms with E-state index in [0.717, 1.165) is 34.8 Å². The highest BCUT2D eigenvalue weighted by molar-refractivity contribution is 7.15. The topological polar surface area (TPSA) is 80.9 Å². The molecule has 0 amide bonds. The van der Waals surface area contributed by atoms with Gasteiger partial charge < -0.3 is 5.11 Å². The van der Waals surface area contributed by atoms with Gasteiger partial charge in [0.1, 0.15) is 5.69 Å². The summed E-state index contributed by atoms with van der Waals surface area (Å²) in [4.78, 5) is 16.6. The number of carboxylic acids is 1. The molecule has 114 valence electrons. The molecule has 0 radical (unpaired) electrons. The first kappa shape index (κ1) is 15.6. The van der Waals surface area contributed by atoms with Crippen LogP contribution in [0.4, 0.5) is 0 Å². The second-order valence-corrected chi connectivity index (χ2v) is 6.23. The van der Waals surface area contributed by atoms with Crippen molar-refractivity contribution < 1.29 is 9.90 Å². The second kappa shape index (κ2) is 6.80. The molecule has 0 fully saturated rings. The van der Waals surface area contributed by atoms with E-state index in [1.807, 2.05) is 13.8 Å². The number of thiazole rings is 1. The second-order valence-electron chi connectivity index (χ2n) is 5.02. The van der Waals surface area contributed by atoms with Crippen LogP contribution in [-0.4, -0.2) is 31.1 Å². The fraction of sp³-hybridized carbons (Fsp3) is 0.571. The summed E-state index contributed by atoms with van der Waals surface area (Å²) < 4.78 is 1.71. The quantitative estimate of drug-likeness (QED) is 0.794. The molecule has 0 saturated carbocycles. The van der Waals surface area contributed by atoms with Gasteiger partial charge in [-0.05, 0) is 20.3 Å². The van der Waals surface area contributed by atoms with Gasteiger partial charge in [-0.1, -0.05) is 31.4 Å². The predicted octanol–water partition coefficient (Wildman–Crippen LogP) is 3.30. The maximum Gasteiger partial charge on any atom is 0.358 e. The minimum atomic E-state index is -1.05. The molecule has 0 aliphatic carbocycles. The van der Waals surface area contributed by atoms with Crippen LogP contribution in [0.25, 0.3) is 10.6 Å². The lowest BCUT2D eigenvalue weighted by atomic mass is 10.2. The molecule has 2 aromatic rings. The summed E-state index contributed by atoms with van der Waals surface area (Å²) in [6, 6.07) is 0. The number of aromatic carboxylic acids is 1. The van der Waals surface area contributed by atoms with Crippen LogP contribution in [0.15, 0.2) is 0 Å². The third-order valence-corrected chi connectivity index (χ3v) is 4.36. The number of aryl methyl sites for hydroxylation is 3. The largest absolute Gasteiger partial charge is 0.476 e. The van der Waals surface area contributed by atoms with Crippen molar-refractivity contribution in [3.8, 4) is 10.6 Å². The lowest BCUT2D eigenvalue weighted by Crippen LogP contribution is -2.05. The monoisotopic (exact) mass is 308 g/mol. The highest BCUT2D eigenvalue weighted by Crippen LogP contribution is 2.31. The van der Waals surface area contributed by atoms with Crippen molar-refractivity contribution in [1.29, 1.82) is 0 Å². The summed E-state index contributed by atoms with van der Waals surface area (Å²) in [6.45, 7) is 6.65. The summed E-state index contributed by atoms with van der Waals surface area (Å²) >= 11 is 1.49.